The highest BCUT2D eigenvalue weighted by molar-refractivity contribution is 5.83. The molecule has 1 fully saturated rings. The van der Waals surface area contributed by atoms with E-state index in [1.807, 2.05) is 46.5 Å². The van der Waals surface area contributed by atoms with Crippen LogP contribution in [0.3, 0.4) is 0 Å². The van der Waals surface area contributed by atoms with Gasteiger partial charge >= 0.3 is 0 Å². The Labute approximate surface area is 147 Å². The molecule has 0 aliphatic carbocycles. The molecule has 0 N–H and O–H groups in total. The van der Waals surface area contributed by atoms with Crippen molar-refractivity contribution in [2.75, 3.05) is 32.7 Å². The van der Waals surface area contributed by atoms with Crippen molar-refractivity contribution in [3.63, 3.8) is 0 Å². The highest BCUT2D eigenvalue weighted by Gasteiger charge is 2.21. The predicted molar refractivity (Wildman–Crippen MR) is 97.2 cm³/mol. The summed E-state index contributed by atoms with van der Waals surface area (Å²) in [5.41, 5.74) is 1.12. The summed E-state index contributed by atoms with van der Waals surface area (Å²) in [6.07, 6.45) is 7.65. The molecule has 1 aliphatic rings. The van der Waals surface area contributed by atoms with Gasteiger partial charge in [-0.25, -0.2) is 4.98 Å². The number of rotatable bonds is 5. The quantitative estimate of drug-likeness (QED) is 0.712. The number of amides is 1. The van der Waals surface area contributed by atoms with Gasteiger partial charge in [-0.3, -0.25) is 9.69 Å². The number of aromatic nitrogens is 3. The lowest BCUT2D eigenvalue weighted by Gasteiger charge is -2.34. The van der Waals surface area contributed by atoms with Gasteiger partial charge in [-0.15, -0.1) is 0 Å². The summed E-state index contributed by atoms with van der Waals surface area (Å²) in [6, 6.07) is 10.3. The van der Waals surface area contributed by atoms with Crippen LogP contribution >= 0.6 is 0 Å². The predicted octanol–water partition coefficient (Wildman–Crippen LogP) is 1.68. The van der Waals surface area contributed by atoms with Crippen molar-refractivity contribution < 1.29 is 4.79 Å². The zero-order chi connectivity index (χ0) is 17.1. The van der Waals surface area contributed by atoms with E-state index in [2.05, 4.69) is 32.7 Å². The highest BCUT2D eigenvalue weighted by Crippen LogP contribution is 2.15. The lowest BCUT2D eigenvalue weighted by molar-refractivity contribution is -0.133. The van der Waals surface area contributed by atoms with E-state index in [0.29, 0.717) is 6.54 Å². The van der Waals surface area contributed by atoms with Crippen LogP contribution in [0.1, 0.15) is 0 Å². The first-order chi connectivity index (χ1) is 12.3. The summed E-state index contributed by atoms with van der Waals surface area (Å²) < 4.78 is 4.14. The lowest BCUT2D eigenvalue weighted by Crippen LogP contribution is -2.50. The summed E-state index contributed by atoms with van der Waals surface area (Å²) in [5.74, 6) is 0.204. The number of para-hydroxylation sites is 1. The van der Waals surface area contributed by atoms with Gasteiger partial charge in [0.2, 0.25) is 5.91 Å². The van der Waals surface area contributed by atoms with Gasteiger partial charge in [-0.1, -0.05) is 18.2 Å². The third-order valence-electron chi connectivity index (χ3n) is 4.94. The molecule has 3 heterocycles. The minimum Gasteiger partial charge on any atom is -0.339 e. The van der Waals surface area contributed by atoms with Crippen LogP contribution < -0.4 is 0 Å². The van der Waals surface area contributed by atoms with Gasteiger partial charge < -0.3 is 14.0 Å². The Kier molecular flexibility index (Phi) is 4.52. The van der Waals surface area contributed by atoms with Crippen LogP contribution in [-0.4, -0.2) is 62.5 Å². The molecule has 130 valence electrons. The Morgan fingerprint density at radius 3 is 2.64 bits per heavy atom. The minimum absolute atomic E-state index is 0.204. The number of carbonyl (C=O) groups excluding carboxylic acids is 1. The van der Waals surface area contributed by atoms with Gasteiger partial charge in [0, 0.05) is 63.4 Å². The molecule has 1 amide bonds. The molecule has 6 nitrogen and oxygen atoms in total. The highest BCUT2D eigenvalue weighted by atomic mass is 16.2. The molecule has 0 atom stereocenters. The Balaban J connectivity index is 1.29. The Morgan fingerprint density at radius 2 is 1.84 bits per heavy atom. The molecule has 0 saturated carbocycles. The van der Waals surface area contributed by atoms with Crippen LogP contribution in [0, 0.1) is 0 Å². The number of hydrogen-bond acceptors (Lipinski definition) is 3. The molecule has 1 saturated heterocycles. The average molecular weight is 337 g/mol. The normalized spacial score (nSPS) is 15.8. The zero-order valence-corrected chi connectivity index (χ0v) is 14.3. The number of piperazine rings is 1. The first kappa shape index (κ1) is 15.9. The zero-order valence-electron chi connectivity index (χ0n) is 14.3. The Bertz CT molecular complexity index is 831. The average Bonchev–Trinajstić information content (AvgIpc) is 3.31. The molecular formula is C19H23N5O. The molecule has 0 radical (unpaired) electrons. The van der Waals surface area contributed by atoms with E-state index in [0.717, 1.165) is 44.8 Å². The van der Waals surface area contributed by atoms with Crippen LogP contribution in [-0.2, 0) is 17.9 Å². The molecule has 0 unspecified atom stereocenters. The minimum atomic E-state index is 0.204. The fraction of sp³-hybridized carbons (Fsp3) is 0.368. The van der Waals surface area contributed by atoms with Crippen molar-refractivity contribution in [1.82, 2.24) is 23.9 Å². The topological polar surface area (TPSA) is 46.3 Å². The molecule has 0 bridgehead atoms. The van der Waals surface area contributed by atoms with Crippen LogP contribution in [0.25, 0.3) is 10.9 Å². The second kappa shape index (κ2) is 7.11. The van der Waals surface area contributed by atoms with E-state index in [1.165, 1.54) is 5.39 Å². The molecule has 1 aromatic carbocycles. The van der Waals surface area contributed by atoms with E-state index < -0.39 is 0 Å². The molecule has 4 rings (SSSR count). The number of nitrogens with zero attached hydrogens (tertiary/aromatic N) is 5. The van der Waals surface area contributed by atoms with Crippen LogP contribution in [0.5, 0.6) is 0 Å². The van der Waals surface area contributed by atoms with Crippen molar-refractivity contribution in [3.05, 3.63) is 55.2 Å². The van der Waals surface area contributed by atoms with E-state index in [4.69, 9.17) is 0 Å². The van der Waals surface area contributed by atoms with Crippen LogP contribution in [0.2, 0.25) is 0 Å². The van der Waals surface area contributed by atoms with Gasteiger partial charge in [0.15, 0.2) is 0 Å². The number of fused-ring (bicyclic) bond motifs is 1. The summed E-state index contributed by atoms with van der Waals surface area (Å²) in [6.45, 7) is 5.86. The monoisotopic (exact) mass is 337 g/mol. The molecular weight excluding hydrogens is 314 g/mol. The summed E-state index contributed by atoms with van der Waals surface area (Å²) in [7, 11) is 0. The maximum atomic E-state index is 12.6. The Hall–Kier alpha value is -2.60. The molecule has 6 heteroatoms. The molecule has 25 heavy (non-hydrogen) atoms. The van der Waals surface area contributed by atoms with Crippen molar-refractivity contribution in [2.24, 2.45) is 0 Å². The number of benzene rings is 1. The molecule has 0 spiro atoms. The first-order valence-electron chi connectivity index (χ1n) is 8.79. The lowest BCUT2D eigenvalue weighted by atomic mass is 10.2. The number of hydrogen-bond donors (Lipinski definition) is 0. The maximum Gasteiger partial charge on any atom is 0.242 e. The summed E-state index contributed by atoms with van der Waals surface area (Å²) >= 11 is 0. The number of carbonyl (C=O) groups is 1. The molecule has 3 aromatic rings. The first-order valence-corrected chi connectivity index (χ1v) is 8.79. The van der Waals surface area contributed by atoms with Crippen LogP contribution in [0.15, 0.2) is 55.2 Å². The maximum absolute atomic E-state index is 12.6. The van der Waals surface area contributed by atoms with Gasteiger partial charge in [0.1, 0.15) is 6.54 Å². The fourth-order valence-electron chi connectivity index (χ4n) is 3.42. The summed E-state index contributed by atoms with van der Waals surface area (Å²) in [5, 5.41) is 1.18. The fourth-order valence-corrected chi connectivity index (χ4v) is 3.42. The third-order valence-corrected chi connectivity index (χ3v) is 4.94. The van der Waals surface area contributed by atoms with Gasteiger partial charge in [0.25, 0.3) is 0 Å². The second-order valence-corrected chi connectivity index (χ2v) is 6.53. The van der Waals surface area contributed by atoms with E-state index in [-0.39, 0.29) is 5.91 Å². The second-order valence-electron chi connectivity index (χ2n) is 6.53. The van der Waals surface area contributed by atoms with E-state index in [9.17, 15) is 4.79 Å². The van der Waals surface area contributed by atoms with Crippen molar-refractivity contribution in [3.8, 4) is 0 Å². The summed E-state index contributed by atoms with van der Waals surface area (Å²) in [4.78, 5) is 21.1. The number of imidazole rings is 1. The van der Waals surface area contributed by atoms with Crippen molar-refractivity contribution >= 4 is 16.8 Å². The SMILES string of the molecule is O=C(Cn1ccc2ccccc21)N1CCN(CCn2ccnc2)CC1. The Morgan fingerprint density at radius 1 is 1.00 bits per heavy atom. The smallest absolute Gasteiger partial charge is 0.242 e. The van der Waals surface area contributed by atoms with Crippen LogP contribution in [0.4, 0.5) is 0 Å². The largest absolute Gasteiger partial charge is 0.339 e. The van der Waals surface area contributed by atoms with E-state index in [1.54, 1.807) is 0 Å². The van der Waals surface area contributed by atoms with Gasteiger partial charge in [-0.05, 0) is 17.5 Å². The third kappa shape index (κ3) is 3.58. The van der Waals surface area contributed by atoms with Gasteiger partial charge in [-0.2, -0.15) is 0 Å². The molecule has 2 aromatic heterocycles. The van der Waals surface area contributed by atoms with Crippen molar-refractivity contribution in [1.29, 1.82) is 0 Å². The molecule has 1 aliphatic heterocycles. The standard InChI is InChI=1S/C19H23N5O/c25-19(15-24-7-5-17-3-1-2-4-18(17)24)23-13-11-21(12-14-23)9-10-22-8-6-20-16-22/h1-8,16H,9-15H2. The van der Waals surface area contributed by atoms with E-state index >= 15 is 0 Å². The van der Waals surface area contributed by atoms with Gasteiger partial charge in [0.05, 0.1) is 6.33 Å². The van der Waals surface area contributed by atoms with Crippen molar-refractivity contribution in [2.45, 2.75) is 13.1 Å².